The first-order valence-electron chi connectivity index (χ1n) is 8.36. The van der Waals surface area contributed by atoms with Crippen LogP contribution in [0.1, 0.15) is 46.1 Å². The summed E-state index contributed by atoms with van der Waals surface area (Å²) >= 11 is 3.45. The van der Waals surface area contributed by atoms with Crippen molar-refractivity contribution in [2.24, 2.45) is 0 Å². The van der Waals surface area contributed by atoms with Gasteiger partial charge >= 0.3 is 5.97 Å². The predicted molar refractivity (Wildman–Crippen MR) is 97.2 cm³/mol. The highest BCUT2D eigenvalue weighted by Gasteiger charge is 2.37. The van der Waals surface area contributed by atoms with Crippen LogP contribution in [0.25, 0.3) is 0 Å². The highest BCUT2D eigenvalue weighted by atomic mass is 79.9. The first-order valence-corrected chi connectivity index (χ1v) is 9.49. The lowest BCUT2D eigenvalue weighted by atomic mass is 9.98. The molecule has 2 atom stereocenters. The molecule has 0 unspecified atom stereocenters. The Kier molecular flexibility index (Phi) is 6.46. The number of ether oxygens (including phenoxy) is 3. The van der Waals surface area contributed by atoms with Gasteiger partial charge in [-0.2, -0.15) is 0 Å². The lowest BCUT2D eigenvalue weighted by molar-refractivity contribution is -0.295. The third-order valence-corrected chi connectivity index (χ3v) is 4.58. The van der Waals surface area contributed by atoms with Crippen molar-refractivity contribution < 1.29 is 19.0 Å². The molecular weight excluding hydrogens is 372 g/mol. The van der Waals surface area contributed by atoms with Crippen LogP contribution in [0, 0.1) is 0 Å². The van der Waals surface area contributed by atoms with Gasteiger partial charge in [-0.25, -0.2) is 0 Å². The van der Waals surface area contributed by atoms with E-state index in [0.717, 1.165) is 10.9 Å². The molecule has 1 aliphatic rings. The molecule has 1 aromatic rings. The van der Waals surface area contributed by atoms with Gasteiger partial charge in [0.2, 0.25) is 0 Å². The number of esters is 1. The first kappa shape index (κ1) is 19.4. The minimum Gasteiger partial charge on any atom is -0.459 e. The summed E-state index contributed by atoms with van der Waals surface area (Å²) in [5, 5.41) is 0.727. The third kappa shape index (κ3) is 6.19. The van der Waals surface area contributed by atoms with Crippen LogP contribution in [0.4, 0.5) is 0 Å². The Bertz CT molecular complexity index is 542. The Morgan fingerprint density at radius 2 is 1.88 bits per heavy atom. The van der Waals surface area contributed by atoms with Crippen LogP contribution >= 0.6 is 15.9 Å². The second kappa shape index (κ2) is 7.98. The molecule has 0 aromatic heterocycles. The Balaban J connectivity index is 1.89. The maximum atomic E-state index is 12.4. The predicted octanol–water partition coefficient (Wildman–Crippen LogP) is 4.25. The fraction of sp³-hybridized carbons (Fsp3) is 0.632. The maximum Gasteiger partial charge on any atom is 0.308 e. The summed E-state index contributed by atoms with van der Waals surface area (Å²) in [7, 11) is 0. The monoisotopic (exact) mass is 398 g/mol. The Morgan fingerprint density at radius 3 is 2.50 bits per heavy atom. The highest BCUT2D eigenvalue weighted by Crippen LogP contribution is 2.30. The maximum absolute atomic E-state index is 12.4. The van der Waals surface area contributed by atoms with Crippen molar-refractivity contribution in [3.05, 3.63) is 35.9 Å². The number of carbonyl (C=O) groups excluding carboxylic acids is 1. The van der Waals surface area contributed by atoms with Crippen molar-refractivity contribution in [1.29, 1.82) is 0 Å². The van der Waals surface area contributed by atoms with Gasteiger partial charge in [-0.3, -0.25) is 4.79 Å². The van der Waals surface area contributed by atoms with Gasteiger partial charge in [0, 0.05) is 18.2 Å². The average Bonchev–Trinajstić information content (AvgIpc) is 2.45. The molecule has 1 heterocycles. The van der Waals surface area contributed by atoms with Crippen molar-refractivity contribution in [3.63, 3.8) is 0 Å². The van der Waals surface area contributed by atoms with Crippen molar-refractivity contribution in [2.75, 3.05) is 5.33 Å². The molecule has 1 aromatic carbocycles. The van der Waals surface area contributed by atoms with E-state index in [4.69, 9.17) is 14.2 Å². The average molecular weight is 399 g/mol. The summed E-state index contributed by atoms with van der Waals surface area (Å²) in [5.41, 5.74) is 0.603. The van der Waals surface area contributed by atoms with Gasteiger partial charge in [0.1, 0.15) is 5.60 Å². The largest absolute Gasteiger partial charge is 0.459 e. The molecule has 1 fully saturated rings. The molecule has 1 saturated heterocycles. The molecule has 0 saturated carbocycles. The molecule has 1 aliphatic heterocycles. The Morgan fingerprint density at radius 1 is 1.25 bits per heavy atom. The molecule has 0 N–H and O–H groups in total. The molecule has 0 aliphatic carbocycles. The van der Waals surface area contributed by atoms with Crippen LogP contribution in [0.3, 0.4) is 0 Å². The summed E-state index contributed by atoms with van der Waals surface area (Å²) in [6.07, 6.45) is 1.47. The van der Waals surface area contributed by atoms with Crippen LogP contribution in [0.5, 0.6) is 0 Å². The molecular formula is C19H27BrO4. The van der Waals surface area contributed by atoms with E-state index >= 15 is 0 Å². The quantitative estimate of drug-likeness (QED) is 0.530. The van der Waals surface area contributed by atoms with E-state index < -0.39 is 11.4 Å². The van der Waals surface area contributed by atoms with Crippen LogP contribution < -0.4 is 0 Å². The van der Waals surface area contributed by atoms with E-state index in [1.165, 1.54) is 0 Å². The van der Waals surface area contributed by atoms with Crippen LogP contribution in [-0.2, 0) is 25.4 Å². The summed E-state index contributed by atoms with van der Waals surface area (Å²) < 4.78 is 17.4. The molecule has 0 bridgehead atoms. The van der Waals surface area contributed by atoms with Crippen molar-refractivity contribution in [3.8, 4) is 0 Å². The van der Waals surface area contributed by atoms with Gasteiger partial charge in [0.05, 0.1) is 18.6 Å². The fourth-order valence-corrected chi connectivity index (χ4v) is 3.50. The fourth-order valence-electron chi connectivity index (χ4n) is 3.10. The van der Waals surface area contributed by atoms with Gasteiger partial charge in [0.15, 0.2) is 5.79 Å². The zero-order chi connectivity index (χ0) is 17.8. The lowest BCUT2D eigenvalue weighted by Gasteiger charge is -2.40. The van der Waals surface area contributed by atoms with E-state index in [1.807, 2.05) is 58.0 Å². The van der Waals surface area contributed by atoms with Crippen molar-refractivity contribution >= 4 is 21.9 Å². The number of carbonyl (C=O) groups is 1. The zero-order valence-electron chi connectivity index (χ0n) is 14.9. The molecule has 134 valence electrons. The number of hydrogen-bond acceptors (Lipinski definition) is 4. The van der Waals surface area contributed by atoms with Crippen LogP contribution in [-0.4, -0.2) is 34.9 Å². The van der Waals surface area contributed by atoms with Crippen LogP contribution in [0.2, 0.25) is 0 Å². The van der Waals surface area contributed by atoms with Crippen molar-refractivity contribution in [2.45, 2.75) is 70.6 Å². The molecule has 0 radical (unpaired) electrons. The Labute approximate surface area is 153 Å². The van der Waals surface area contributed by atoms with E-state index in [-0.39, 0.29) is 24.6 Å². The smallest absolute Gasteiger partial charge is 0.308 e. The van der Waals surface area contributed by atoms with Gasteiger partial charge in [-0.05, 0) is 33.3 Å². The third-order valence-electron chi connectivity index (χ3n) is 3.86. The molecule has 5 heteroatoms. The summed E-state index contributed by atoms with van der Waals surface area (Å²) in [6.45, 7) is 7.63. The summed E-state index contributed by atoms with van der Waals surface area (Å²) in [5.74, 6) is -0.909. The number of hydrogen-bond donors (Lipinski definition) is 0. The van der Waals surface area contributed by atoms with E-state index in [9.17, 15) is 4.79 Å². The lowest BCUT2D eigenvalue weighted by Crippen LogP contribution is -2.46. The topological polar surface area (TPSA) is 44.8 Å². The first-order chi connectivity index (χ1) is 11.2. The number of benzene rings is 1. The second-order valence-corrected chi connectivity index (χ2v) is 8.02. The van der Waals surface area contributed by atoms with Gasteiger partial charge in [0.25, 0.3) is 0 Å². The van der Waals surface area contributed by atoms with Gasteiger partial charge < -0.3 is 14.2 Å². The number of alkyl halides is 1. The second-order valence-electron chi connectivity index (χ2n) is 7.37. The van der Waals surface area contributed by atoms with E-state index in [2.05, 4.69) is 15.9 Å². The Hall–Kier alpha value is -0.910. The highest BCUT2D eigenvalue weighted by molar-refractivity contribution is 9.09. The normalized spacial score (nSPS) is 23.7. The van der Waals surface area contributed by atoms with Crippen LogP contribution in [0.15, 0.2) is 30.3 Å². The van der Waals surface area contributed by atoms with Gasteiger partial charge in [-0.15, -0.1) is 0 Å². The number of halogens is 1. The molecule has 2 rings (SSSR count). The van der Waals surface area contributed by atoms with Gasteiger partial charge in [-0.1, -0.05) is 46.3 Å². The SMILES string of the molecule is CC(C)(Cc1ccccc1)OC(=O)C[C@H]1C[C@@H](CBr)OC(C)(C)O1. The standard InChI is InChI=1S/C19H27BrO4/c1-18(2,12-14-8-6-5-7-9-14)24-17(21)11-15-10-16(13-20)23-19(3,4)22-15/h5-9,15-16H,10-13H2,1-4H3/t15-,16+/m1/s1. The van der Waals surface area contributed by atoms with E-state index in [1.54, 1.807) is 0 Å². The number of rotatable bonds is 6. The van der Waals surface area contributed by atoms with E-state index in [0.29, 0.717) is 12.8 Å². The minimum absolute atomic E-state index is 0.0453. The molecule has 0 spiro atoms. The summed E-state index contributed by atoms with van der Waals surface area (Å²) in [4.78, 5) is 12.4. The minimum atomic E-state index is -0.679. The molecule has 4 nitrogen and oxygen atoms in total. The summed E-state index contributed by atoms with van der Waals surface area (Å²) in [6, 6.07) is 10.0. The molecule has 24 heavy (non-hydrogen) atoms. The molecule has 0 amide bonds. The zero-order valence-corrected chi connectivity index (χ0v) is 16.5. The van der Waals surface area contributed by atoms with Crippen molar-refractivity contribution in [1.82, 2.24) is 0 Å².